The van der Waals surface area contributed by atoms with Gasteiger partial charge in [-0.1, -0.05) is 64.8 Å². The average Bonchev–Trinajstić information content (AvgIpc) is 2.83. The average molecular weight is 264 g/mol. The number of rotatable bonds is 2. The first kappa shape index (κ1) is 12.5. The molecule has 0 saturated heterocycles. The zero-order chi connectivity index (χ0) is 14.1. The van der Waals surface area contributed by atoms with Gasteiger partial charge in [0.05, 0.1) is 5.56 Å². The van der Waals surface area contributed by atoms with Gasteiger partial charge in [0.1, 0.15) is 0 Å². The van der Waals surface area contributed by atoms with E-state index in [1.54, 1.807) is 0 Å². The van der Waals surface area contributed by atoms with E-state index < -0.39 is 0 Å². The molecule has 0 fully saturated rings. The normalized spacial score (nSPS) is 10.7. The number of anilines is 1. The third-order valence-electron chi connectivity index (χ3n) is 3.37. The number of nitrogen functional groups attached to an aromatic ring is 1. The van der Waals surface area contributed by atoms with Gasteiger partial charge in [0.25, 0.3) is 0 Å². The quantitative estimate of drug-likeness (QED) is 0.754. The van der Waals surface area contributed by atoms with Crippen molar-refractivity contribution in [2.24, 2.45) is 0 Å². The van der Waals surface area contributed by atoms with Crippen molar-refractivity contribution in [1.29, 1.82) is 0 Å². The summed E-state index contributed by atoms with van der Waals surface area (Å²) in [5.41, 5.74) is 11.2. The van der Waals surface area contributed by atoms with E-state index in [0.29, 0.717) is 11.6 Å². The molecule has 1 heterocycles. The van der Waals surface area contributed by atoms with Crippen LogP contribution in [0.1, 0.15) is 11.1 Å². The van der Waals surface area contributed by atoms with Crippen LogP contribution >= 0.6 is 0 Å². The van der Waals surface area contributed by atoms with Gasteiger partial charge in [0.15, 0.2) is 11.6 Å². The molecule has 0 aliphatic carbocycles. The lowest BCUT2D eigenvalue weighted by Crippen LogP contribution is -1.89. The van der Waals surface area contributed by atoms with E-state index in [-0.39, 0.29) is 0 Å². The third-order valence-corrected chi connectivity index (χ3v) is 3.37. The molecule has 0 spiro atoms. The highest BCUT2D eigenvalue weighted by Crippen LogP contribution is 2.36. The lowest BCUT2D eigenvalue weighted by molar-refractivity contribution is 0.436. The molecule has 3 aromatic rings. The fourth-order valence-electron chi connectivity index (χ4n) is 2.20. The van der Waals surface area contributed by atoms with Crippen LogP contribution in [0.4, 0.5) is 5.82 Å². The number of benzene rings is 2. The van der Waals surface area contributed by atoms with Crippen LogP contribution in [0, 0.1) is 13.8 Å². The van der Waals surface area contributed by atoms with E-state index in [0.717, 1.165) is 16.7 Å². The molecule has 2 aromatic carbocycles. The summed E-state index contributed by atoms with van der Waals surface area (Å²) in [7, 11) is 0. The van der Waals surface area contributed by atoms with Crippen LogP contribution in [-0.2, 0) is 0 Å². The minimum Gasteiger partial charge on any atom is -0.380 e. The predicted octanol–water partition coefficient (Wildman–Crippen LogP) is 4.21. The Labute approximate surface area is 118 Å². The Morgan fingerprint density at radius 1 is 0.800 bits per heavy atom. The summed E-state index contributed by atoms with van der Waals surface area (Å²) in [5, 5.41) is 3.92. The second-order valence-electron chi connectivity index (χ2n) is 5.00. The molecule has 0 aliphatic heterocycles. The van der Waals surface area contributed by atoms with E-state index in [4.69, 9.17) is 10.3 Å². The molecule has 0 radical (unpaired) electrons. The van der Waals surface area contributed by atoms with Gasteiger partial charge in [-0.25, -0.2) is 0 Å². The number of aromatic nitrogens is 1. The first-order chi connectivity index (χ1) is 9.65. The van der Waals surface area contributed by atoms with Crippen molar-refractivity contribution < 1.29 is 4.52 Å². The Morgan fingerprint density at radius 3 is 1.85 bits per heavy atom. The second-order valence-corrected chi connectivity index (χ2v) is 5.00. The Balaban J connectivity index is 2.14. The van der Waals surface area contributed by atoms with Gasteiger partial charge in [-0.15, -0.1) is 0 Å². The predicted molar refractivity (Wildman–Crippen MR) is 81.3 cm³/mol. The second kappa shape index (κ2) is 4.85. The fraction of sp³-hybridized carbons (Fsp3) is 0.118. The molecule has 0 aliphatic rings. The maximum Gasteiger partial charge on any atom is 0.176 e. The number of nitrogens with two attached hydrogens (primary N) is 1. The van der Waals surface area contributed by atoms with E-state index >= 15 is 0 Å². The fourth-order valence-corrected chi connectivity index (χ4v) is 2.20. The molecule has 1 aromatic heterocycles. The number of hydrogen-bond donors (Lipinski definition) is 1. The van der Waals surface area contributed by atoms with Crippen LogP contribution in [0.3, 0.4) is 0 Å². The van der Waals surface area contributed by atoms with Gasteiger partial charge in [-0.2, -0.15) is 0 Å². The van der Waals surface area contributed by atoms with Crippen molar-refractivity contribution >= 4 is 5.82 Å². The smallest absolute Gasteiger partial charge is 0.176 e. The monoisotopic (exact) mass is 264 g/mol. The topological polar surface area (TPSA) is 52.0 Å². The Morgan fingerprint density at radius 2 is 1.30 bits per heavy atom. The number of nitrogens with zero attached hydrogens (tertiary/aromatic N) is 1. The molecule has 0 atom stereocenters. The van der Waals surface area contributed by atoms with Crippen molar-refractivity contribution in [3.8, 4) is 22.5 Å². The highest BCUT2D eigenvalue weighted by atomic mass is 16.5. The van der Waals surface area contributed by atoms with Gasteiger partial charge >= 0.3 is 0 Å². The molecule has 2 N–H and O–H groups in total. The van der Waals surface area contributed by atoms with Gasteiger partial charge in [0.2, 0.25) is 0 Å². The van der Waals surface area contributed by atoms with Crippen molar-refractivity contribution in [3.05, 3.63) is 59.7 Å². The van der Waals surface area contributed by atoms with Crippen LogP contribution in [0.5, 0.6) is 0 Å². The number of aryl methyl sites for hydroxylation is 2. The molecular formula is C17H16N2O. The molecule has 3 heteroatoms. The summed E-state index contributed by atoms with van der Waals surface area (Å²) in [6, 6.07) is 16.3. The summed E-state index contributed by atoms with van der Waals surface area (Å²) in [4.78, 5) is 0. The third kappa shape index (κ3) is 2.18. The summed E-state index contributed by atoms with van der Waals surface area (Å²) in [5.74, 6) is 1.13. The van der Waals surface area contributed by atoms with Crippen LogP contribution < -0.4 is 5.73 Å². The van der Waals surface area contributed by atoms with Gasteiger partial charge in [-0.05, 0) is 19.4 Å². The van der Waals surface area contributed by atoms with E-state index in [1.165, 1.54) is 11.1 Å². The Hall–Kier alpha value is -2.55. The SMILES string of the molecule is Cc1ccc(-c2onc(N)c2-c2ccc(C)cc2)cc1. The molecule has 100 valence electrons. The van der Waals surface area contributed by atoms with Crippen molar-refractivity contribution in [2.75, 3.05) is 5.73 Å². The maximum absolute atomic E-state index is 5.97. The van der Waals surface area contributed by atoms with E-state index in [2.05, 4.69) is 31.1 Å². The van der Waals surface area contributed by atoms with Crippen molar-refractivity contribution in [2.45, 2.75) is 13.8 Å². The molecule has 0 amide bonds. The number of hydrogen-bond acceptors (Lipinski definition) is 3. The lowest BCUT2D eigenvalue weighted by Gasteiger charge is -2.04. The highest BCUT2D eigenvalue weighted by molar-refractivity contribution is 5.86. The van der Waals surface area contributed by atoms with E-state index in [9.17, 15) is 0 Å². The molecule has 3 nitrogen and oxygen atoms in total. The van der Waals surface area contributed by atoms with E-state index in [1.807, 2.05) is 36.4 Å². The summed E-state index contributed by atoms with van der Waals surface area (Å²) in [6.07, 6.45) is 0. The van der Waals surface area contributed by atoms with Crippen LogP contribution in [-0.4, -0.2) is 5.16 Å². The van der Waals surface area contributed by atoms with Gasteiger partial charge in [-0.3, -0.25) is 0 Å². The van der Waals surface area contributed by atoms with Crippen LogP contribution in [0.2, 0.25) is 0 Å². The summed E-state index contributed by atoms with van der Waals surface area (Å²) < 4.78 is 5.43. The van der Waals surface area contributed by atoms with Crippen molar-refractivity contribution in [1.82, 2.24) is 5.16 Å². The zero-order valence-electron chi connectivity index (χ0n) is 11.6. The van der Waals surface area contributed by atoms with Gasteiger partial charge < -0.3 is 10.3 Å². The minimum absolute atomic E-state index is 0.421. The highest BCUT2D eigenvalue weighted by Gasteiger charge is 2.17. The first-order valence-corrected chi connectivity index (χ1v) is 6.54. The Kier molecular flexibility index (Phi) is 3.03. The molecule has 20 heavy (non-hydrogen) atoms. The molecule has 0 unspecified atom stereocenters. The molecule has 3 rings (SSSR count). The van der Waals surface area contributed by atoms with Crippen LogP contribution in [0.25, 0.3) is 22.5 Å². The zero-order valence-corrected chi connectivity index (χ0v) is 11.6. The van der Waals surface area contributed by atoms with Crippen LogP contribution in [0.15, 0.2) is 53.1 Å². The summed E-state index contributed by atoms with van der Waals surface area (Å²) >= 11 is 0. The standard InChI is InChI=1S/C17H16N2O/c1-11-3-7-13(8-4-11)15-16(20-19-17(15)18)14-9-5-12(2)6-10-14/h3-10H,1-2H3,(H2,18,19). The minimum atomic E-state index is 0.421. The Bertz CT molecular complexity index is 725. The molecule has 0 saturated carbocycles. The molecule has 0 bridgehead atoms. The first-order valence-electron chi connectivity index (χ1n) is 6.54. The molecular weight excluding hydrogens is 248 g/mol. The van der Waals surface area contributed by atoms with Crippen molar-refractivity contribution in [3.63, 3.8) is 0 Å². The maximum atomic E-state index is 5.97. The largest absolute Gasteiger partial charge is 0.380 e. The summed E-state index contributed by atoms with van der Waals surface area (Å²) in [6.45, 7) is 4.11. The van der Waals surface area contributed by atoms with Gasteiger partial charge in [0, 0.05) is 5.56 Å². The lowest BCUT2D eigenvalue weighted by atomic mass is 10.00.